The summed E-state index contributed by atoms with van der Waals surface area (Å²) in [6.45, 7) is 0.322. The SMILES string of the molecule is N#Cc1cccc(CN2C(=O)[C@H](NC(N)=O)Cc3ccccc32)c1. The van der Waals surface area contributed by atoms with E-state index in [4.69, 9.17) is 11.0 Å². The highest BCUT2D eigenvalue weighted by molar-refractivity contribution is 6.01. The van der Waals surface area contributed by atoms with Gasteiger partial charge in [0.05, 0.1) is 18.2 Å². The number of anilines is 1. The largest absolute Gasteiger partial charge is 0.352 e. The number of nitrogens with two attached hydrogens (primary N) is 1. The van der Waals surface area contributed by atoms with Gasteiger partial charge in [-0.2, -0.15) is 5.26 Å². The van der Waals surface area contributed by atoms with Gasteiger partial charge in [-0.1, -0.05) is 30.3 Å². The quantitative estimate of drug-likeness (QED) is 0.900. The Morgan fingerprint density at radius 1 is 1.29 bits per heavy atom. The number of hydrogen-bond donors (Lipinski definition) is 2. The number of rotatable bonds is 3. The number of para-hydroxylation sites is 1. The molecule has 1 aliphatic heterocycles. The van der Waals surface area contributed by atoms with Gasteiger partial charge in [0, 0.05) is 12.1 Å². The van der Waals surface area contributed by atoms with E-state index >= 15 is 0 Å². The lowest BCUT2D eigenvalue weighted by Gasteiger charge is -2.34. The zero-order valence-electron chi connectivity index (χ0n) is 12.9. The summed E-state index contributed by atoms with van der Waals surface area (Å²) in [5.74, 6) is -0.213. The van der Waals surface area contributed by atoms with Crippen LogP contribution in [0.4, 0.5) is 10.5 Å². The molecule has 0 fully saturated rings. The third kappa shape index (κ3) is 3.06. The summed E-state index contributed by atoms with van der Waals surface area (Å²) < 4.78 is 0. The molecule has 24 heavy (non-hydrogen) atoms. The van der Waals surface area contributed by atoms with Crippen LogP contribution in [0.5, 0.6) is 0 Å². The Hall–Kier alpha value is -3.33. The fourth-order valence-electron chi connectivity index (χ4n) is 2.93. The van der Waals surface area contributed by atoms with Crippen molar-refractivity contribution in [2.24, 2.45) is 5.73 Å². The zero-order chi connectivity index (χ0) is 17.1. The maximum absolute atomic E-state index is 12.8. The summed E-state index contributed by atoms with van der Waals surface area (Å²) >= 11 is 0. The van der Waals surface area contributed by atoms with Crippen molar-refractivity contribution in [3.8, 4) is 6.07 Å². The third-order valence-electron chi connectivity index (χ3n) is 3.98. The first-order valence-electron chi connectivity index (χ1n) is 7.53. The normalized spacial score (nSPS) is 16.2. The number of nitrogens with zero attached hydrogens (tertiary/aromatic N) is 2. The van der Waals surface area contributed by atoms with E-state index in [1.54, 1.807) is 23.1 Å². The molecular formula is C18H16N4O2. The number of fused-ring (bicyclic) bond motifs is 1. The lowest BCUT2D eigenvalue weighted by molar-refractivity contribution is -0.120. The van der Waals surface area contributed by atoms with Crippen LogP contribution in [0, 0.1) is 11.3 Å². The topological polar surface area (TPSA) is 99.2 Å². The molecule has 0 saturated heterocycles. The van der Waals surface area contributed by atoms with E-state index in [-0.39, 0.29) is 5.91 Å². The molecule has 0 spiro atoms. The number of amides is 3. The van der Waals surface area contributed by atoms with Gasteiger partial charge in [0.1, 0.15) is 6.04 Å². The Morgan fingerprint density at radius 3 is 2.83 bits per heavy atom. The number of hydrogen-bond acceptors (Lipinski definition) is 3. The molecule has 0 aromatic heterocycles. The Labute approximate surface area is 139 Å². The van der Waals surface area contributed by atoms with E-state index in [1.807, 2.05) is 30.3 Å². The van der Waals surface area contributed by atoms with E-state index in [0.29, 0.717) is 18.5 Å². The van der Waals surface area contributed by atoms with Crippen LogP contribution in [0.2, 0.25) is 0 Å². The number of nitrogens with one attached hydrogen (secondary N) is 1. The Morgan fingerprint density at radius 2 is 2.08 bits per heavy atom. The molecule has 0 bridgehead atoms. The molecule has 3 N–H and O–H groups in total. The molecule has 0 aliphatic carbocycles. The molecule has 1 aliphatic rings. The standard InChI is InChI=1S/C18H16N4O2/c19-10-12-4-3-5-13(8-12)11-22-16-7-2-1-6-14(16)9-15(17(22)23)21-18(20)24/h1-8,15H,9,11H2,(H3,20,21,24)/t15-/m1/s1. The van der Waals surface area contributed by atoms with E-state index in [9.17, 15) is 9.59 Å². The smallest absolute Gasteiger partial charge is 0.312 e. The highest BCUT2D eigenvalue weighted by Crippen LogP contribution is 2.29. The van der Waals surface area contributed by atoms with Crippen LogP contribution in [0.25, 0.3) is 0 Å². The summed E-state index contributed by atoms with van der Waals surface area (Å²) in [6, 6.07) is 15.4. The third-order valence-corrected chi connectivity index (χ3v) is 3.98. The van der Waals surface area contributed by atoms with Crippen LogP contribution < -0.4 is 16.0 Å². The van der Waals surface area contributed by atoms with Gasteiger partial charge in [-0.15, -0.1) is 0 Å². The van der Waals surface area contributed by atoms with Gasteiger partial charge in [-0.25, -0.2) is 4.79 Å². The molecule has 0 saturated carbocycles. The predicted octanol–water partition coefficient (Wildman–Crippen LogP) is 1.68. The average Bonchev–Trinajstić information content (AvgIpc) is 2.58. The second kappa shape index (κ2) is 6.42. The van der Waals surface area contributed by atoms with E-state index < -0.39 is 12.1 Å². The predicted molar refractivity (Wildman–Crippen MR) is 89.0 cm³/mol. The molecule has 2 aromatic rings. The summed E-state index contributed by atoms with van der Waals surface area (Å²) in [5.41, 5.74) is 8.35. The zero-order valence-corrected chi connectivity index (χ0v) is 12.9. The first-order valence-corrected chi connectivity index (χ1v) is 7.53. The van der Waals surface area contributed by atoms with Crippen molar-refractivity contribution < 1.29 is 9.59 Å². The van der Waals surface area contributed by atoms with Crippen LogP contribution in [-0.4, -0.2) is 18.0 Å². The monoisotopic (exact) mass is 320 g/mol. The average molecular weight is 320 g/mol. The van der Waals surface area contributed by atoms with E-state index in [1.165, 1.54) is 0 Å². The van der Waals surface area contributed by atoms with Gasteiger partial charge >= 0.3 is 6.03 Å². The van der Waals surface area contributed by atoms with Crippen molar-refractivity contribution in [3.05, 3.63) is 65.2 Å². The van der Waals surface area contributed by atoms with Gasteiger partial charge in [-0.05, 0) is 29.3 Å². The summed E-state index contributed by atoms with van der Waals surface area (Å²) in [6.07, 6.45) is 0.409. The van der Waals surface area contributed by atoms with Gasteiger partial charge in [-0.3, -0.25) is 4.79 Å². The van der Waals surface area contributed by atoms with Crippen molar-refractivity contribution in [2.45, 2.75) is 19.0 Å². The van der Waals surface area contributed by atoms with E-state index in [2.05, 4.69) is 11.4 Å². The fourth-order valence-corrected chi connectivity index (χ4v) is 2.93. The van der Waals surface area contributed by atoms with Gasteiger partial charge in [0.2, 0.25) is 5.91 Å². The molecule has 120 valence electrons. The molecular weight excluding hydrogens is 304 g/mol. The molecule has 2 aromatic carbocycles. The Bertz CT molecular complexity index is 841. The maximum Gasteiger partial charge on any atom is 0.312 e. The van der Waals surface area contributed by atoms with Crippen molar-refractivity contribution in [1.29, 1.82) is 5.26 Å². The van der Waals surface area contributed by atoms with Crippen molar-refractivity contribution >= 4 is 17.6 Å². The van der Waals surface area contributed by atoms with Crippen LogP contribution >= 0.6 is 0 Å². The lowest BCUT2D eigenvalue weighted by atomic mass is 9.96. The minimum atomic E-state index is -0.723. The van der Waals surface area contributed by atoms with Gasteiger partial charge in [0.25, 0.3) is 0 Å². The first kappa shape index (κ1) is 15.6. The van der Waals surface area contributed by atoms with E-state index in [0.717, 1.165) is 16.8 Å². The minimum Gasteiger partial charge on any atom is -0.352 e. The lowest BCUT2D eigenvalue weighted by Crippen LogP contribution is -2.53. The second-order valence-corrected chi connectivity index (χ2v) is 5.63. The molecule has 6 heteroatoms. The molecule has 1 atom stereocenters. The highest BCUT2D eigenvalue weighted by atomic mass is 16.2. The molecule has 6 nitrogen and oxygen atoms in total. The molecule has 3 amide bonds. The van der Waals surface area contributed by atoms with Gasteiger partial charge in [0.15, 0.2) is 0 Å². The number of carbonyl (C=O) groups excluding carboxylic acids is 2. The molecule has 0 unspecified atom stereocenters. The maximum atomic E-state index is 12.8. The summed E-state index contributed by atoms with van der Waals surface area (Å²) in [4.78, 5) is 25.6. The minimum absolute atomic E-state index is 0.213. The Balaban J connectivity index is 1.96. The second-order valence-electron chi connectivity index (χ2n) is 5.63. The number of nitriles is 1. The number of carbonyl (C=O) groups is 2. The fraction of sp³-hybridized carbons (Fsp3) is 0.167. The van der Waals surface area contributed by atoms with Crippen molar-refractivity contribution in [1.82, 2.24) is 5.32 Å². The van der Waals surface area contributed by atoms with Crippen LogP contribution in [0.3, 0.4) is 0 Å². The summed E-state index contributed by atoms with van der Waals surface area (Å²) in [5, 5.41) is 11.5. The molecule has 0 radical (unpaired) electrons. The number of benzene rings is 2. The number of primary amides is 1. The van der Waals surface area contributed by atoms with Gasteiger partial charge < -0.3 is 16.0 Å². The molecule has 1 heterocycles. The molecule has 3 rings (SSSR count). The Kier molecular flexibility index (Phi) is 4.17. The van der Waals surface area contributed by atoms with Crippen LogP contribution in [-0.2, 0) is 17.8 Å². The first-order chi connectivity index (χ1) is 11.6. The summed E-state index contributed by atoms with van der Waals surface area (Å²) in [7, 11) is 0. The van der Waals surface area contributed by atoms with Crippen LogP contribution in [0.1, 0.15) is 16.7 Å². The van der Waals surface area contributed by atoms with Crippen molar-refractivity contribution in [3.63, 3.8) is 0 Å². The van der Waals surface area contributed by atoms with Crippen LogP contribution in [0.15, 0.2) is 48.5 Å². The number of urea groups is 1. The highest BCUT2D eigenvalue weighted by Gasteiger charge is 2.33. The van der Waals surface area contributed by atoms with Crippen molar-refractivity contribution in [2.75, 3.05) is 4.90 Å².